The first-order valence-corrected chi connectivity index (χ1v) is 7.76. The zero-order valence-corrected chi connectivity index (χ0v) is 10.1. The van der Waals surface area contributed by atoms with Crippen LogP contribution in [0.2, 0.25) is 0 Å². The van der Waals surface area contributed by atoms with E-state index in [0.717, 1.165) is 15.6 Å². The van der Waals surface area contributed by atoms with E-state index in [-0.39, 0.29) is 0 Å². The Balaban J connectivity index is 4.99. The summed E-state index contributed by atoms with van der Waals surface area (Å²) >= 11 is 3.72. The Morgan fingerprint density at radius 1 is 0.909 bits per heavy atom. The van der Waals surface area contributed by atoms with E-state index in [4.69, 9.17) is 0 Å². The van der Waals surface area contributed by atoms with Crippen LogP contribution < -0.4 is 0 Å². The Hall–Kier alpha value is -0.0831. The highest BCUT2D eigenvalue weighted by atomic mass is 79.9. The van der Waals surface area contributed by atoms with Gasteiger partial charge in [0.25, 0.3) is 0 Å². The molecule has 0 N–H and O–H groups in total. The van der Waals surface area contributed by atoms with Crippen LogP contribution in [0.5, 0.6) is 0 Å². The molecular formula is C9H15BrSi. The van der Waals surface area contributed by atoms with E-state index in [9.17, 15) is 0 Å². The van der Waals surface area contributed by atoms with Gasteiger partial charge in [-0.05, 0) is 20.8 Å². The van der Waals surface area contributed by atoms with Gasteiger partial charge >= 0.3 is 0 Å². The highest BCUT2D eigenvalue weighted by Crippen LogP contribution is 2.33. The van der Waals surface area contributed by atoms with Crippen molar-refractivity contribution >= 4 is 22.0 Å². The summed E-state index contributed by atoms with van der Waals surface area (Å²) in [6, 6.07) is 0. The van der Waals surface area contributed by atoms with Gasteiger partial charge < -0.3 is 0 Å². The van der Waals surface area contributed by atoms with Crippen LogP contribution in [0.3, 0.4) is 0 Å². The lowest BCUT2D eigenvalue weighted by Gasteiger charge is -2.26. The van der Waals surface area contributed by atoms with Crippen molar-refractivity contribution in [2.24, 2.45) is 0 Å². The van der Waals surface area contributed by atoms with Crippen LogP contribution in [-0.4, -0.2) is 6.69 Å². The van der Waals surface area contributed by atoms with Crippen LogP contribution in [0.15, 0.2) is 35.3 Å². The number of hydrogen-bond donors (Lipinski definition) is 0. The second kappa shape index (κ2) is 3.54. The van der Waals surface area contributed by atoms with Crippen LogP contribution in [0.1, 0.15) is 20.8 Å². The number of rotatable bonds is 3. The molecule has 0 nitrogen and oxygen atoms in total. The summed E-state index contributed by atoms with van der Waals surface area (Å²) in [6.07, 6.45) is 0. The van der Waals surface area contributed by atoms with E-state index >= 15 is 0 Å². The van der Waals surface area contributed by atoms with Crippen LogP contribution in [0.25, 0.3) is 0 Å². The maximum absolute atomic E-state index is 3.96. The lowest BCUT2D eigenvalue weighted by molar-refractivity contribution is 1.52. The Morgan fingerprint density at radius 3 is 1.09 bits per heavy atom. The standard InChI is InChI=1S/C9H15BrSi/c1-7(2)11(10,8(3)4)9(5)6/h1,3,5H2,2,4,6H3. The van der Waals surface area contributed by atoms with E-state index < -0.39 is 6.69 Å². The minimum absolute atomic E-state index is 1.16. The molecule has 0 atom stereocenters. The van der Waals surface area contributed by atoms with E-state index in [2.05, 4.69) is 35.0 Å². The molecule has 0 aliphatic carbocycles. The molecule has 0 aliphatic rings. The molecule has 0 aromatic carbocycles. The smallest absolute Gasteiger partial charge is 0.109 e. The molecule has 0 aromatic heterocycles. The van der Waals surface area contributed by atoms with Gasteiger partial charge in [-0.25, -0.2) is 0 Å². The maximum atomic E-state index is 3.96. The van der Waals surface area contributed by atoms with Crippen molar-refractivity contribution in [1.82, 2.24) is 0 Å². The van der Waals surface area contributed by atoms with Crippen LogP contribution in [0.4, 0.5) is 0 Å². The Bertz CT molecular complexity index is 180. The topological polar surface area (TPSA) is 0 Å². The second-order valence-corrected chi connectivity index (χ2v) is 10.4. The van der Waals surface area contributed by atoms with Gasteiger partial charge in [0.1, 0.15) is 0 Å². The van der Waals surface area contributed by atoms with Crippen molar-refractivity contribution in [3.63, 3.8) is 0 Å². The molecule has 0 amide bonds. The van der Waals surface area contributed by atoms with Gasteiger partial charge in [0.15, 0.2) is 0 Å². The van der Waals surface area contributed by atoms with E-state index in [1.807, 2.05) is 20.8 Å². The summed E-state index contributed by atoms with van der Waals surface area (Å²) in [5.41, 5.74) is 0. The second-order valence-electron chi connectivity index (χ2n) is 3.00. The fourth-order valence-electron chi connectivity index (χ4n) is 1.09. The van der Waals surface area contributed by atoms with E-state index in [1.54, 1.807) is 0 Å². The largest absolute Gasteiger partial charge is 0.207 e. The monoisotopic (exact) mass is 230 g/mol. The molecule has 0 rings (SSSR count). The number of halogens is 1. The fraction of sp³-hybridized carbons (Fsp3) is 0.333. The average Bonchev–Trinajstić information content (AvgIpc) is 1.84. The Kier molecular flexibility index (Phi) is 3.52. The molecule has 0 aromatic rings. The third-order valence-electron chi connectivity index (χ3n) is 1.76. The van der Waals surface area contributed by atoms with Gasteiger partial charge in [0.2, 0.25) is 6.69 Å². The minimum Gasteiger partial charge on any atom is -0.109 e. The maximum Gasteiger partial charge on any atom is 0.207 e. The molecule has 11 heavy (non-hydrogen) atoms. The average molecular weight is 231 g/mol. The van der Waals surface area contributed by atoms with Crippen LogP contribution in [-0.2, 0) is 0 Å². The lowest BCUT2D eigenvalue weighted by atomic mass is 10.7. The zero-order chi connectivity index (χ0) is 9.23. The van der Waals surface area contributed by atoms with Crippen LogP contribution in [0, 0.1) is 0 Å². The molecule has 0 saturated carbocycles. The Morgan fingerprint density at radius 2 is 1.09 bits per heavy atom. The first kappa shape index (κ1) is 10.9. The lowest BCUT2D eigenvalue weighted by Crippen LogP contribution is -2.31. The summed E-state index contributed by atoms with van der Waals surface area (Å²) in [6.45, 7) is 16.2. The molecular weight excluding hydrogens is 216 g/mol. The zero-order valence-electron chi connectivity index (χ0n) is 7.50. The van der Waals surface area contributed by atoms with Crippen molar-refractivity contribution in [2.45, 2.75) is 20.8 Å². The van der Waals surface area contributed by atoms with Crippen molar-refractivity contribution in [3.8, 4) is 0 Å². The van der Waals surface area contributed by atoms with Gasteiger partial charge in [-0.2, -0.15) is 0 Å². The van der Waals surface area contributed by atoms with Gasteiger partial charge in [0, 0.05) is 0 Å². The molecule has 0 fully saturated rings. The Labute approximate surface area is 78.3 Å². The number of allylic oxidation sites excluding steroid dienone is 3. The minimum atomic E-state index is -1.75. The van der Waals surface area contributed by atoms with E-state index in [1.165, 1.54) is 0 Å². The molecule has 0 saturated heterocycles. The highest BCUT2D eigenvalue weighted by Gasteiger charge is 2.32. The fourth-order valence-corrected chi connectivity index (χ4v) is 3.28. The predicted molar refractivity (Wildman–Crippen MR) is 59.1 cm³/mol. The van der Waals surface area contributed by atoms with Gasteiger partial charge in [-0.15, -0.1) is 35.0 Å². The first-order valence-electron chi connectivity index (χ1n) is 3.50. The number of hydrogen-bond acceptors (Lipinski definition) is 0. The van der Waals surface area contributed by atoms with Crippen LogP contribution >= 0.6 is 15.3 Å². The molecule has 0 heterocycles. The molecule has 2 heteroatoms. The molecule has 0 unspecified atom stereocenters. The van der Waals surface area contributed by atoms with E-state index in [0.29, 0.717) is 0 Å². The summed E-state index contributed by atoms with van der Waals surface area (Å²) in [5.74, 6) is 0. The molecule has 0 aliphatic heterocycles. The van der Waals surface area contributed by atoms with Crippen molar-refractivity contribution in [2.75, 3.05) is 0 Å². The van der Waals surface area contributed by atoms with Crippen molar-refractivity contribution < 1.29 is 0 Å². The van der Waals surface area contributed by atoms with Crippen molar-refractivity contribution in [3.05, 3.63) is 35.3 Å². The predicted octanol–water partition coefficient (Wildman–Crippen LogP) is 3.67. The third-order valence-corrected chi connectivity index (χ3v) is 11.4. The van der Waals surface area contributed by atoms with Crippen molar-refractivity contribution in [1.29, 1.82) is 0 Å². The molecule has 62 valence electrons. The summed E-state index contributed by atoms with van der Waals surface area (Å²) in [5, 5.41) is 3.49. The summed E-state index contributed by atoms with van der Waals surface area (Å²) < 4.78 is 0. The molecule has 0 spiro atoms. The summed E-state index contributed by atoms with van der Waals surface area (Å²) in [7, 11) is 0. The third kappa shape index (κ3) is 1.94. The molecule has 0 radical (unpaired) electrons. The highest BCUT2D eigenvalue weighted by molar-refractivity contribution is 9.26. The van der Waals surface area contributed by atoms with Gasteiger partial charge in [0.05, 0.1) is 0 Å². The first-order chi connectivity index (χ1) is 4.83. The normalized spacial score (nSPS) is 10.9. The SMILES string of the molecule is C=C(C)[Si](Br)(C(=C)C)C(=C)C. The quantitative estimate of drug-likeness (QED) is 0.513. The molecule has 0 bridgehead atoms. The van der Waals surface area contributed by atoms with Gasteiger partial charge in [-0.1, -0.05) is 15.6 Å². The van der Waals surface area contributed by atoms with Gasteiger partial charge in [-0.3, -0.25) is 0 Å². The summed E-state index contributed by atoms with van der Waals surface area (Å²) in [4.78, 5) is 0.